The number of amides is 1. The van der Waals surface area contributed by atoms with Gasteiger partial charge in [-0.2, -0.15) is 0 Å². The third kappa shape index (κ3) is 7.16. The number of aromatic nitrogens is 1. The number of carbonyl (C=O) groups is 1. The number of nitrogens with zero attached hydrogens (tertiary/aromatic N) is 3. The molecule has 7 nitrogen and oxygen atoms in total. The largest absolute Gasteiger partial charge is 0.494 e. The van der Waals surface area contributed by atoms with E-state index in [2.05, 4.69) is 35.9 Å². The van der Waals surface area contributed by atoms with Gasteiger partial charge in [0.15, 0.2) is 0 Å². The molecule has 2 heterocycles. The van der Waals surface area contributed by atoms with Gasteiger partial charge in [0.1, 0.15) is 17.5 Å². The van der Waals surface area contributed by atoms with Crippen LogP contribution in [0, 0.1) is 0 Å². The molecule has 0 spiro atoms. The van der Waals surface area contributed by atoms with E-state index in [9.17, 15) is 4.79 Å². The maximum Gasteiger partial charge on any atom is 0.416 e. The van der Waals surface area contributed by atoms with Crippen molar-refractivity contribution in [2.45, 2.75) is 18.9 Å². The summed E-state index contributed by atoms with van der Waals surface area (Å²) in [5, 5.41) is 2.35. The highest BCUT2D eigenvalue weighted by molar-refractivity contribution is 6.31. The Morgan fingerprint density at radius 1 is 0.927 bits per heavy atom. The Morgan fingerprint density at radius 2 is 1.63 bits per heavy atom. The van der Waals surface area contributed by atoms with Gasteiger partial charge in [-0.1, -0.05) is 35.3 Å². The Balaban J connectivity index is 1.34. The highest BCUT2D eigenvalue weighted by atomic mass is 35.5. The number of hydrogen-bond donors (Lipinski definition) is 1. The number of fused-ring (bicyclic) bond motifs is 3. The van der Waals surface area contributed by atoms with Gasteiger partial charge in [0.05, 0.1) is 6.61 Å². The lowest BCUT2D eigenvalue weighted by molar-refractivity contribution is 0.135. The van der Waals surface area contributed by atoms with Crippen LogP contribution in [0.5, 0.6) is 11.5 Å². The molecule has 0 saturated heterocycles. The second-order valence-electron chi connectivity index (χ2n) is 10.8. The Hall–Kier alpha value is -3.23. The third-order valence-corrected chi connectivity index (χ3v) is 7.91. The van der Waals surface area contributed by atoms with E-state index in [4.69, 9.17) is 32.7 Å². The number of likely N-dealkylation sites (N-methyl/N-ethyl adjacent to an activating group) is 2. The van der Waals surface area contributed by atoms with Crippen molar-refractivity contribution < 1.29 is 14.3 Å². The minimum atomic E-state index is -0.418. The molecule has 0 bridgehead atoms. The molecule has 216 valence electrons. The van der Waals surface area contributed by atoms with E-state index in [0.717, 1.165) is 54.0 Å². The van der Waals surface area contributed by atoms with Gasteiger partial charge in [0.2, 0.25) is 0 Å². The SMILES string of the molecule is CN(C)CCN(C)CCCOc1ccc([C@H]2c3[nH]c4ccc(Cl)cc4c3CCN2C(=O)Oc2ccc(Cl)cc2)cc1. The Morgan fingerprint density at radius 3 is 2.37 bits per heavy atom. The van der Waals surface area contributed by atoms with Crippen LogP contribution in [0.25, 0.3) is 10.9 Å². The summed E-state index contributed by atoms with van der Waals surface area (Å²) in [7, 11) is 6.31. The Kier molecular flexibility index (Phi) is 9.40. The summed E-state index contributed by atoms with van der Waals surface area (Å²) in [5.74, 6) is 1.25. The number of benzene rings is 3. The molecule has 0 aliphatic carbocycles. The van der Waals surface area contributed by atoms with Crippen LogP contribution in [0.3, 0.4) is 0 Å². The zero-order chi connectivity index (χ0) is 28.9. The highest BCUT2D eigenvalue weighted by Gasteiger charge is 2.35. The van der Waals surface area contributed by atoms with Crippen molar-refractivity contribution in [2.75, 3.05) is 53.9 Å². The van der Waals surface area contributed by atoms with E-state index in [1.54, 1.807) is 29.2 Å². The molecule has 0 saturated carbocycles. The maximum absolute atomic E-state index is 13.5. The van der Waals surface area contributed by atoms with Crippen molar-refractivity contribution in [3.63, 3.8) is 0 Å². The summed E-state index contributed by atoms with van der Waals surface area (Å²) >= 11 is 12.4. The summed E-state index contributed by atoms with van der Waals surface area (Å²) in [5.41, 5.74) is 4.10. The summed E-state index contributed by atoms with van der Waals surface area (Å²) < 4.78 is 11.8. The van der Waals surface area contributed by atoms with Crippen LogP contribution in [0.1, 0.15) is 29.3 Å². The van der Waals surface area contributed by atoms with Crippen molar-refractivity contribution >= 4 is 40.2 Å². The van der Waals surface area contributed by atoms with Gasteiger partial charge in [-0.25, -0.2) is 4.79 Å². The molecule has 41 heavy (non-hydrogen) atoms. The Labute approximate surface area is 251 Å². The monoisotopic (exact) mass is 594 g/mol. The Bertz CT molecular complexity index is 1470. The molecule has 1 atom stereocenters. The number of H-pyrrole nitrogens is 1. The second kappa shape index (κ2) is 13.2. The fraction of sp³-hybridized carbons (Fsp3) is 0.344. The van der Waals surface area contributed by atoms with Crippen molar-refractivity contribution in [1.29, 1.82) is 0 Å². The molecule has 1 aliphatic rings. The van der Waals surface area contributed by atoms with E-state index in [-0.39, 0.29) is 6.04 Å². The smallest absolute Gasteiger partial charge is 0.416 e. The van der Waals surface area contributed by atoms with Crippen LogP contribution in [0.15, 0.2) is 66.7 Å². The normalized spacial score (nSPS) is 15.0. The quantitative estimate of drug-likeness (QED) is 0.203. The number of hydrogen-bond acceptors (Lipinski definition) is 5. The lowest BCUT2D eigenvalue weighted by Gasteiger charge is -2.35. The zero-order valence-corrected chi connectivity index (χ0v) is 25.2. The van der Waals surface area contributed by atoms with E-state index < -0.39 is 6.09 Å². The summed E-state index contributed by atoms with van der Waals surface area (Å²) in [6, 6.07) is 20.3. The van der Waals surface area contributed by atoms with Gasteiger partial charge >= 0.3 is 6.09 Å². The third-order valence-electron chi connectivity index (χ3n) is 7.42. The summed E-state index contributed by atoms with van der Waals surface area (Å²) in [6.45, 7) is 4.19. The van der Waals surface area contributed by atoms with Gasteiger partial charge in [0, 0.05) is 52.8 Å². The molecule has 5 rings (SSSR count). The molecule has 0 unspecified atom stereocenters. The standard InChI is InChI=1S/C32H36Cl2N4O3/c1-36(2)18-19-37(3)16-4-20-40-25-10-5-22(6-11-25)31-30-27(28-21-24(34)9-14-29(28)35-30)15-17-38(31)32(39)41-26-12-7-23(33)8-13-26/h5-14,21,31,35H,4,15-20H2,1-3H3/t31-/m0/s1. The number of halogens is 2. The minimum Gasteiger partial charge on any atom is -0.494 e. The lowest BCUT2D eigenvalue weighted by Crippen LogP contribution is -2.42. The summed E-state index contributed by atoms with van der Waals surface area (Å²) in [4.78, 5) is 23.3. The molecule has 0 fully saturated rings. The molecule has 0 radical (unpaired) electrons. The first-order valence-electron chi connectivity index (χ1n) is 13.9. The minimum absolute atomic E-state index is 0.357. The first-order chi connectivity index (χ1) is 19.8. The first kappa shape index (κ1) is 29.3. The van der Waals surface area contributed by atoms with E-state index in [1.807, 2.05) is 42.5 Å². The second-order valence-corrected chi connectivity index (χ2v) is 11.6. The molecule has 1 aliphatic heterocycles. The molecule has 1 aromatic heterocycles. The van der Waals surface area contributed by atoms with Crippen molar-refractivity contribution in [3.8, 4) is 11.5 Å². The molecule has 1 amide bonds. The van der Waals surface area contributed by atoms with Gasteiger partial charge in [-0.05, 0) is 99.7 Å². The fourth-order valence-corrected chi connectivity index (χ4v) is 5.52. The van der Waals surface area contributed by atoms with Crippen LogP contribution in [0.4, 0.5) is 4.79 Å². The van der Waals surface area contributed by atoms with E-state index in [0.29, 0.717) is 35.4 Å². The van der Waals surface area contributed by atoms with E-state index in [1.165, 1.54) is 5.56 Å². The first-order valence-corrected chi connectivity index (χ1v) is 14.6. The summed E-state index contributed by atoms with van der Waals surface area (Å²) in [6.07, 6.45) is 1.21. The topological polar surface area (TPSA) is 61.0 Å². The van der Waals surface area contributed by atoms with Crippen LogP contribution in [-0.2, 0) is 6.42 Å². The zero-order valence-electron chi connectivity index (χ0n) is 23.7. The molecule has 9 heteroatoms. The van der Waals surface area contributed by atoms with Crippen LogP contribution in [-0.4, -0.2) is 79.7 Å². The van der Waals surface area contributed by atoms with Gasteiger partial charge in [-0.3, -0.25) is 4.90 Å². The van der Waals surface area contributed by atoms with Crippen LogP contribution < -0.4 is 9.47 Å². The number of carbonyl (C=O) groups excluding carboxylic acids is 1. The van der Waals surface area contributed by atoms with Gasteiger partial charge in [0.25, 0.3) is 0 Å². The maximum atomic E-state index is 13.5. The number of rotatable bonds is 10. The average Bonchev–Trinajstić information content (AvgIpc) is 3.33. The molecule has 4 aromatic rings. The fourth-order valence-electron chi connectivity index (χ4n) is 5.22. The lowest BCUT2D eigenvalue weighted by atomic mass is 9.92. The van der Waals surface area contributed by atoms with Crippen molar-refractivity contribution in [2.24, 2.45) is 0 Å². The average molecular weight is 596 g/mol. The predicted molar refractivity (Wildman–Crippen MR) is 166 cm³/mol. The number of aromatic amines is 1. The molecule has 3 aromatic carbocycles. The number of ether oxygens (including phenoxy) is 2. The molecular weight excluding hydrogens is 559 g/mol. The molecular formula is C32H36Cl2N4O3. The predicted octanol–water partition coefficient (Wildman–Crippen LogP) is 6.88. The van der Waals surface area contributed by atoms with Crippen molar-refractivity contribution in [1.82, 2.24) is 19.7 Å². The number of nitrogens with one attached hydrogen (secondary N) is 1. The molecule has 1 N–H and O–H groups in total. The highest BCUT2D eigenvalue weighted by Crippen LogP contribution is 2.40. The van der Waals surface area contributed by atoms with E-state index >= 15 is 0 Å². The van der Waals surface area contributed by atoms with Crippen LogP contribution >= 0.6 is 23.2 Å². The van der Waals surface area contributed by atoms with Crippen LogP contribution in [0.2, 0.25) is 10.0 Å². The van der Waals surface area contributed by atoms with Gasteiger partial charge in [-0.15, -0.1) is 0 Å². The van der Waals surface area contributed by atoms with Gasteiger partial charge < -0.3 is 24.3 Å². The van der Waals surface area contributed by atoms with Crippen molar-refractivity contribution in [3.05, 3.63) is 93.6 Å².